The molecule has 3 N–H and O–H groups in total. The molecule has 10 heteroatoms. The molecule has 0 spiro atoms. The third kappa shape index (κ3) is 2.14. The van der Waals surface area contributed by atoms with Crippen molar-refractivity contribution < 1.29 is 14.5 Å². The summed E-state index contributed by atoms with van der Waals surface area (Å²) in [5.74, 6) is -1.86. The van der Waals surface area contributed by atoms with Gasteiger partial charge in [-0.15, -0.1) is 0 Å². The molecule has 2 amide bonds. The predicted octanol–water partition coefficient (Wildman–Crippen LogP) is 1.17. The number of pyridine rings is 1. The number of carbonyl (C=O) groups is 2. The number of carbonyl (C=O) groups excluding carboxylic acids is 2. The van der Waals surface area contributed by atoms with Gasteiger partial charge in [-0.3, -0.25) is 34.4 Å². The Bertz CT molecular complexity index is 1010. The number of hydrogen-bond acceptors (Lipinski definition) is 6. The van der Waals surface area contributed by atoms with Gasteiger partial charge in [0.15, 0.2) is 0 Å². The van der Waals surface area contributed by atoms with E-state index in [1.165, 1.54) is 13.0 Å². The number of aryl methyl sites for hydroxylation is 1. The lowest BCUT2D eigenvalue weighted by Crippen LogP contribution is -2.25. The Hall–Kier alpha value is -3.20. The number of aromatic nitrogens is 1. The van der Waals surface area contributed by atoms with Gasteiger partial charge in [0.2, 0.25) is 0 Å². The van der Waals surface area contributed by atoms with Gasteiger partial charge < -0.3 is 5.73 Å². The molecule has 2 heterocycles. The first kappa shape index (κ1) is 15.7. The zero-order valence-corrected chi connectivity index (χ0v) is 12.9. The summed E-state index contributed by atoms with van der Waals surface area (Å²) in [7, 11) is 0. The minimum atomic E-state index is -0.773. The van der Waals surface area contributed by atoms with E-state index in [1.54, 1.807) is 0 Å². The average Bonchev–Trinajstić information content (AvgIpc) is 2.75. The Balaban J connectivity index is 2.44. The van der Waals surface area contributed by atoms with Crippen LogP contribution in [0.3, 0.4) is 0 Å². The first-order valence-corrected chi connectivity index (χ1v) is 6.96. The van der Waals surface area contributed by atoms with Crippen LogP contribution < -0.4 is 16.6 Å². The van der Waals surface area contributed by atoms with Gasteiger partial charge in [-0.1, -0.05) is 11.6 Å². The van der Waals surface area contributed by atoms with Crippen LogP contribution in [0.2, 0.25) is 5.02 Å². The maximum absolute atomic E-state index is 12.4. The molecule has 24 heavy (non-hydrogen) atoms. The van der Waals surface area contributed by atoms with Crippen LogP contribution in [0.5, 0.6) is 0 Å². The van der Waals surface area contributed by atoms with Crippen molar-refractivity contribution in [1.82, 2.24) is 9.88 Å². The van der Waals surface area contributed by atoms with E-state index >= 15 is 0 Å². The molecular weight excluding hydrogens is 340 g/mol. The molecule has 0 fully saturated rings. The number of amides is 2. The molecule has 9 nitrogen and oxygen atoms in total. The lowest BCUT2D eigenvalue weighted by molar-refractivity contribution is -0.384. The number of anilines is 1. The van der Waals surface area contributed by atoms with Crippen LogP contribution in [0.15, 0.2) is 23.0 Å². The van der Waals surface area contributed by atoms with Gasteiger partial charge in [0.1, 0.15) is 11.5 Å². The molecule has 0 bridgehead atoms. The van der Waals surface area contributed by atoms with Crippen molar-refractivity contribution in [3.05, 3.63) is 60.4 Å². The molecule has 0 unspecified atom stereocenters. The molecule has 1 aromatic carbocycles. The Morgan fingerprint density at radius 3 is 2.50 bits per heavy atom. The quantitative estimate of drug-likeness (QED) is 0.474. The monoisotopic (exact) mass is 348 g/mol. The fraction of sp³-hybridized carbons (Fsp3) is 0.0714. The van der Waals surface area contributed by atoms with Crippen LogP contribution >= 0.6 is 11.6 Å². The SMILES string of the molecule is Cc1cc(Cl)cc([N+](=O)[O-])c1-n1c(N)c2c(cc1=O)C(=O)NC2=O. The molecule has 0 aliphatic carbocycles. The highest BCUT2D eigenvalue weighted by Gasteiger charge is 2.33. The topological polar surface area (TPSA) is 137 Å². The standard InChI is InChI=1S/C14H9ClN4O5/c1-5-2-6(15)3-8(19(23)24)11(5)18-9(20)4-7-10(12(18)16)14(22)17-13(7)21/h2-4H,16H2,1H3,(H,17,21,22). The van der Waals surface area contributed by atoms with E-state index in [0.29, 0.717) is 5.56 Å². The van der Waals surface area contributed by atoms with Crippen molar-refractivity contribution in [3.8, 4) is 5.69 Å². The predicted molar refractivity (Wildman–Crippen MR) is 84.6 cm³/mol. The number of nitrogens with two attached hydrogens (primary N) is 1. The Morgan fingerprint density at radius 2 is 1.88 bits per heavy atom. The van der Waals surface area contributed by atoms with Crippen LogP contribution in [0, 0.1) is 17.0 Å². The van der Waals surface area contributed by atoms with E-state index < -0.39 is 28.0 Å². The highest BCUT2D eigenvalue weighted by Crippen LogP contribution is 2.32. The number of hydrogen-bond donors (Lipinski definition) is 2. The molecule has 0 saturated heterocycles. The summed E-state index contributed by atoms with van der Waals surface area (Å²) < 4.78 is 0.834. The van der Waals surface area contributed by atoms with Crippen LogP contribution in [-0.2, 0) is 0 Å². The summed E-state index contributed by atoms with van der Waals surface area (Å²) >= 11 is 5.84. The molecule has 122 valence electrons. The van der Waals surface area contributed by atoms with E-state index in [2.05, 4.69) is 0 Å². The number of imide groups is 1. The van der Waals surface area contributed by atoms with Crippen LogP contribution in [0.25, 0.3) is 5.69 Å². The second-order valence-electron chi connectivity index (χ2n) is 5.12. The molecule has 0 atom stereocenters. The number of nitrogens with one attached hydrogen (secondary N) is 1. The van der Waals surface area contributed by atoms with Gasteiger partial charge in [-0.05, 0) is 18.6 Å². The highest BCUT2D eigenvalue weighted by atomic mass is 35.5. The van der Waals surface area contributed by atoms with E-state index in [0.717, 1.165) is 16.7 Å². The lowest BCUT2D eigenvalue weighted by atomic mass is 10.1. The first-order valence-electron chi connectivity index (χ1n) is 6.58. The maximum atomic E-state index is 12.4. The molecule has 0 saturated carbocycles. The number of benzene rings is 1. The second-order valence-corrected chi connectivity index (χ2v) is 5.56. The Morgan fingerprint density at radius 1 is 1.21 bits per heavy atom. The summed E-state index contributed by atoms with van der Waals surface area (Å²) in [5.41, 5.74) is 4.52. The fourth-order valence-corrected chi connectivity index (χ4v) is 2.92. The maximum Gasteiger partial charge on any atom is 0.295 e. The molecule has 3 rings (SSSR count). The van der Waals surface area contributed by atoms with Gasteiger partial charge in [0.05, 0.1) is 16.1 Å². The highest BCUT2D eigenvalue weighted by molar-refractivity contribution is 6.31. The number of nitrogen functional groups attached to an aromatic ring is 1. The van der Waals surface area contributed by atoms with E-state index in [9.17, 15) is 24.5 Å². The molecule has 2 aromatic rings. The van der Waals surface area contributed by atoms with E-state index in [4.69, 9.17) is 17.3 Å². The summed E-state index contributed by atoms with van der Waals surface area (Å²) in [6.07, 6.45) is 0. The van der Waals surface area contributed by atoms with Crippen molar-refractivity contribution >= 4 is 34.9 Å². The van der Waals surface area contributed by atoms with Gasteiger partial charge in [0, 0.05) is 17.2 Å². The summed E-state index contributed by atoms with van der Waals surface area (Å²) in [5, 5.41) is 13.5. The fourth-order valence-electron chi connectivity index (χ4n) is 2.66. The minimum Gasteiger partial charge on any atom is -0.384 e. The van der Waals surface area contributed by atoms with Crippen molar-refractivity contribution in [2.45, 2.75) is 6.92 Å². The zero-order valence-electron chi connectivity index (χ0n) is 12.1. The number of rotatable bonds is 2. The molecule has 1 aliphatic rings. The van der Waals surface area contributed by atoms with Gasteiger partial charge >= 0.3 is 0 Å². The summed E-state index contributed by atoms with van der Waals surface area (Å²) in [6, 6.07) is 3.42. The van der Waals surface area contributed by atoms with Crippen molar-refractivity contribution in [3.63, 3.8) is 0 Å². The zero-order chi connectivity index (χ0) is 17.8. The largest absolute Gasteiger partial charge is 0.384 e. The van der Waals surface area contributed by atoms with Crippen molar-refractivity contribution in [1.29, 1.82) is 0 Å². The number of nitrogens with zero attached hydrogens (tertiary/aromatic N) is 2. The summed E-state index contributed by atoms with van der Waals surface area (Å²) in [6.45, 7) is 1.51. The van der Waals surface area contributed by atoms with Crippen molar-refractivity contribution in [2.24, 2.45) is 0 Å². The average molecular weight is 349 g/mol. The third-order valence-corrected chi connectivity index (χ3v) is 3.84. The molecule has 1 aliphatic heterocycles. The first-order chi connectivity index (χ1) is 11.2. The molecular formula is C14H9ClN4O5. The van der Waals surface area contributed by atoms with Gasteiger partial charge in [-0.2, -0.15) is 0 Å². The Kier molecular flexibility index (Phi) is 3.38. The Labute approximate surface area is 138 Å². The molecule has 0 radical (unpaired) electrons. The lowest BCUT2D eigenvalue weighted by Gasteiger charge is -2.14. The third-order valence-electron chi connectivity index (χ3n) is 3.62. The number of nitro groups is 1. The number of halogens is 1. The smallest absolute Gasteiger partial charge is 0.295 e. The van der Waals surface area contributed by atoms with E-state index in [1.807, 2.05) is 5.32 Å². The molecule has 1 aromatic heterocycles. The van der Waals surface area contributed by atoms with Crippen LogP contribution in [0.4, 0.5) is 11.5 Å². The normalized spacial score (nSPS) is 12.9. The summed E-state index contributed by atoms with van der Waals surface area (Å²) in [4.78, 5) is 46.5. The van der Waals surface area contributed by atoms with Crippen molar-refractivity contribution in [2.75, 3.05) is 5.73 Å². The van der Waals surface area contributed by atoms with E-state index in [-0.39, 0.29) is 27.7 Å². The van der Waals surface area contributed by atoms with Gasteiger partial charge in [-0.25, -0.2) is 0 Å². The minimum absolute atomic E-state index is 0.109. The second kappa shape index (κ2) is 5.17. The van der Waals surface area contributed by atoms with Gasteiger partial charge in [0.25, 0.3) is 23.1 Å². The van der Waals surface area contributed by atoms with Crippen LogP contribution in [0.1, 0.15) is 26.3 Å². The number of fused-ring (bicyclic) bond motifs is 1. The van der Waals surface area contributed by atoms with Crippen LogP contribution in [-0.4, -0.2) is 21.3 Å². The number of nitro benzene ring substituents is 1.